The molecule has 0 saturated heterocycles. The van der Waals surface area contributed by atoms with Gasteiger partial charge in [-0.05, 0) is 28.6 Å². The SMILES string of the molecule is COc1cc(-c2ccccc2C=O)cc2ccccc12. The lowest BCUT2D eigenvalue weighted by molar-refractivity contribution is 0.112. The van der Waals surface area contributed by atoms with Crippen molar-refractivity contribution in [1.82, 2.24) is 0 Å². The third kappa shape index (κ3) is 2.05. The quantitative estimate of drug-likeness (QED) is 0.657. The number of benzene rings is 3. The summed E-state index contributed by atoms with van der Waals surface area (Å²) in [4.78, 5) is 11.2. The molecule has 0 bridgehead atoms. The van der Waals surface area contributed by atoms with Gasteiger partial charge in [-0.2, -0.15) is 0 Å². The van der Waals surface area contributed by atoms with Crippen LogP contribution in [0, 0.1) is 0 Å². The number of methoxy groups -OCH3 is 1. The van der Waals surface area contributed by atoms with Crippen molar-refractivity contribution in [3.05, 3.63) is 66.2 Å². The van der Waals surface area contributed by atoms with Crippen molar-refractivity contribution < 1.29 is 9.53 Å². The topological polar surface area (TPSA) is 26.3 Å². The molecular weight excluding hydrogens is 248 g/mol. The van der Waals surface area contributed by atoms with E-state index < -0.39 is 0 Å². The van der Waals surface area contributed by atoms with Crippen LogP contribution in [-0.4, -0.2) is 13.4 Å². The molecule has 0 radical (unpaired) electrons. The molecule has 98 valence electrons. The van der Waals surface area contributed by atoms with Crippen molar-refractivity contribution >= 4 is 17.1 Å². The summed E-state index contributed by atoms with van der Waals surface area (Å²) in [5.41, 5.74) is 2.60. The standard InChI is InChI=1S/C18H14O2/c1-20-18-11-15(10-13-6-2-5-9-17(13)18)16-8-4-3-7-14(16)12-19/h2-12H,1H3. The average Bonchev–Trinajstić information content (AvgIpc) is 2.53. The predicted octanol–water partition coefficient (Wildman–Crippen LogP) is 4.33. The minimum absolute atomic E-state index is 0.685. The Balaban J connectivity index is 2.29. The Bertz CT molecular complexity index is 775. The summed E-state index contributed by atoms with van der Waals surface area (Å²) < 4.78 is 5.47. The van der Waals surface area contributed by atoms with Crippen LogP contribution in [0.15, 0.2) is 60.7 Å². The lowest BCUT2D eigenvalue weighted by Crippen LogP contribution is -1.90. The molecule has 0 aliphatic carbocycles. The molecule has 0 aliphatic rings. The van der Waals surface area contributed by atoms with E-state index in [1.54, 1.807) is 7.11 Å². The lowest BCUT2D eigenvalue weighted by Gasteiger charge is -2.10. The Hall–Kier alpha value is -2.61. The highest BCUT2D eigenvalue weighted by molar-refractivity contribution is 5.95. The van der Waals surface area contributed by atoms with E-state index in [9.17, 15) is 4.79 Å². The number of hydrogen-bond donors (Lipinski definition) is 0. The molecular formula is C18H14O2. The van der Waals surface area contributed by atoms with E-state index >= 15 is 0 Å². The van der Waals surface area contributed by atoms with E-state index in [1.807, 2.05) is 54.6 Å². The molecule has 2 nitrogen and oxygen atoms in total. The van der Waals surface area contributed by atoms with Gasteiger partial charge < -0.3 is 4.74 Å². The van der Waals surface area contributed by atoms with Gasteiger partial charge in [0.05, 0.1) is 7.11 Å². The van der Waals surface area contributed by atoms with Gasteiger partial charge in [-0.1, -0.05) is 48.5 Å². The zero-order chi connectivity index (χ0) is 13.9. The summed E-state index contributed by atoms with van der Waals surface area (Å²) in [5, 5.41) is 2.17. The fourth-order valence-corrected chi connectivity index (χ4v) is 2.46. The Kier molecular flexibility index (Phi) is 3.21. The van der Waals surface area contributed by atoms with E-state index in [4.69, 9.17) is 4.74 Å². The minimum atomic E-state index is 0.685. The second kappa shape index (κ2) is 5.17. The second-order valence-electron chi connectivity index (χ2n) is 4.60. The molecule has 0 atom stereocenters. The minimum Gasteiger partial charge on any atom is -0.496 e. The van der Waals surface area contributed by atoms with Gasteiger partial charge in [-0.3, -0.25) is 4.79 Å². The van der Waals surface area contributed by atoms with E-state index in [0.29, 0.717) is 5.56 Å². The Morgan fingerprint density at radius 2 is 1.70 bits per heavy atom. The number of carbonyl (C=O) groups excluding carboxylic acids is 1. The maximum atomic E-state index is 11.2. The molecule has 0 aliphatic heterocycles. The van der Waals surface area contributed by atoms with E-state index in [-0.39, 0.29) is 0 Å². The number of aldehydes is 1. The van der Waals surface area contributed by atoms with Crippen LogP contribution in [0.5, 0.6) is 5.75 Å². The van der Waals surface area contributed by atoms with Gasteiger partial charge in [0, 0.05) is 10.9 Å². The third-order valence-corrected chi connectivity index (χ3v) is 3.44. The van der Waals surface area contributed by atoms with Crippen molar-refractivity contribution in [2.24, 2.45) is 0 Å². The zero-order valence-electron chi connectivity index (χ0n) is 11.2. The van der Waals surface area contributed by atoms with E-state index in [2.05, 4.69) is 6.07 Å². The van der Waals surface area contributed by atoms with Crippen LogP contribution in [0.2, 0.25) is 0 Å². The first-order valence-corrected chi connectivity index (χ1v) is 6.45. The summed E-state index contributed by atoms with van der Waals surface area (Å²) >= 11 is 0. The Morgan fingerprint density at radius 1 is 0.950 bits per heavy atom. The highest BCUT2D eigenvalue weighted by atomic mass is 16.5. The number of carbonyl (C=O) groups is 1. The molecule has 0 heterocycles. The molecule has 0 saturated carbocycles. The van der Waals surface area contributed by atoms with Crippen LogP contribution in [0.4, 0.5) is 0 Å². The molecule has 0 unspecified atom stereocenters. The van der Waals surface area contributed by atoms with E-state index in [1.165, 1.54) is 0 Å². The van der Waals surface area contributed by atoms with Crippen molar-refractivity contribution in [2.75, 3.05) is 7.11 Å². The van der Waals surface area contributed by atoms with Gasteiger partial charge in [0.25, 0.3) is 0 Å². The smallest absolute Gasteiger partial charge is 0.150 e. The molecule has 0 spiro atoms. The maximum Gasteiger partial charge on any atom is 0.150 e. The summed E-state index contributed by atoms with van der Waals surface area (Å²) in [6, 6.07) is 19.7. The summed E-state index contributed by atoms with van der Waals surface area (Å²) in [6.45, 7) is 0. The van der Waals surface area contributed by atoms with E-state index in [0.717, 1.165) is 33.9 Å². The zero-order valence-corrected chi connectivity index (χ0v) is 11.2. The number of fused-ring (bicyclic) bond motifs is 1. The lowest BCUT2D eigenvalue weighted by atomic mass is 9.97. The summed E-state index contributed by atoms with van der Waals surface area (Å²) in [6.07, 6.45) is 0.886. The molecule has 2 heteroatoms. The second-order valence-corrected chi connectivity index (χ2v) is 4.60. The molecule has 3 aromatic carbocycles. The monoisotopic (exact) mass is 262 g/mol. The van der Waals surface area contributed by atoms with Gasteiger partial charge in [0.1, 0.15) is 5.75 Å². The third-order valence-electron chi connectivity index (χ3n) is 3.44. The average molecular weight is 262 g/mol. The number of ether oxygens (including phenoxy) is 1. The number of rotatable bonds is 3. The molecule has 0 aromatic heterocycles. The Morgan fingerprint density at radius 3 is 2.50 bits per heavy atom. The summed E-state index contributed by atoms with van der Waals surface area (Å²) in [7, 11) is 1.66. The van der Waals surface area contributed by atoms with Gasteiger partial charge in [-0.15, -0.1) is 0 Å². The predicted molar refractivity (Wildman–Crippen MR) is 81.3 cm³/mol. The van der Waals surface area contributed by atoms with Gasteiger partial charge in [0.2, 0.25) is 0 Å². The molecule has 0 N–H and O–H groups in total. The largest absolute Gasteiger partial charge is 0.496 e. The van der Waals surface area contributed by atoms with Crippen LogP contribution in [0.3, 0.4) is 0 Å². The van der Waals surface area contributed by atoms with Gasteiger partial charge in [0.15, 0.2) is 6.29 Å². The number of hydrogen-bond acceptors (Lipinski definition) is 2. The van der Waals surface area contributed by atoms with Crippen molar-refractivity contribution in [3.63, 3.8) is 0 Å². The first-order chi connectivity index (χ1) is 9.83. The fourth-order valence-electron chi connectivity index (χ4n) is 2.46. The molecule has 0 amide bonds. The van der Waals surface area contributed by atoms with Crippen molar-refractivity contribution in [1.29, 1.82) is 0 Å². The molecule has 3 rings (SSSR count). The fraction of sp³-hybridized carbons (Fsp3) is 0.0556. The van der Waals surface area contributed by atoms with Gasteiger partial charge in [-0.25, -0.2) is 0 Å². The Labute approximate surface area is 117 Å². The maximum absolute atomic E-state index is 11.2. The van der Waals surface area contributed by atoms with Gasteiger partial charge >= 0.3 is 0 Å². The normalized spacial score (nSPS) is 10.4. The van der Waals surface area contributed by atoms with Crippen molar-refractivity contribution in [2.45, 2.75) is 0 Å². The van der Waals surface area contributed by atoms with Crippen LogP contribution in [0.25, 0.3) is 21.9 Å². The highest BCUT2D eigenvalue weighted by Crippen LogP contribution is 2.33. The van der Waals surface area contributed by atoms with Crippen LogP contribution < -0.4 is 4.74 Å². The highest BCUT2D eigenvalue weighted by Gasteiger charge is 2.08. The van der Waals surface area contributed by atoms with Crippen molar-refractivity contribution in [3.8, 4) is 16.9 Å². The first kappa shape index (κ1) is 12.4. The van der Waals surface area contributed by atoms with Crippen LogP contribution in [0.1, 0.15) is 10.4 Å². The molecule has 20 heavy (non-hydrogen) atoms. The summed E-state index contributed by atoms with van der Waals surface area (Å²) in [5.74, 6) is 0.818. The van der Waals surface area contributed by atoms with Crippen LogP contribution >= 0.6 is 0 Å². The molecule has 0 fully saturated rings. The van der Waals surface area contributed by atoms with Crippen LogP contribution in [-0.2, 0) is 0 Å². The first-order valence-electron chi connectivity index (χ1n) is 6.45. The molecule has 3 aromatic rings.